The van der Waals surface area contributed by atoms with Gasteiger partial charge in [0.2, 0.25) is 5.89 Å². The third kappa shape index (κ3) is 3.76. The highest BCUT2D eigenvalue weighted by Gasteiger charge is 2.30. The minimum Gasteiger partial charge on any atom is -0.392 e. The molecule has 5 heteroatoms. The van der Waals surface area contributed by atoms with Crippen LogP contribution in [0.25, 0.3) is 0 Å². The van der Waals surface area contributed by atoms with Crippen molar-refractivity contribution in [3.63, 3.8) is 0 Å². The van der Waals surface area contributed by atoms with Gasteiger partial charge in [-0.2, -0.15) is 4.98 Å². The van der Waals surface area contributed by atoms with Crippen molar-refractivity contribution < 1.29 is 9.63 Å². The number of aliphatic hydroxyl groups excluding tert-OH is 1. The molecule has 0 saturated carbocycles. The van der Waals surface area contributed by atoms with Gasteiger partial charge in [-0.15, -0.1) is 0 Å². The predicted molar refractivity (Wildman–Crippen MR) is 72.6 cm³/mol. The van der Waals surface area contributed by atoms with Gasteiger partial charge in [0.25, 0.3) is 0 Å². The predicted octanol–water partition coefficient (Wildman–Crippen LogP) is 2.00. The molecule has 0 bridgehead atoms. The van der Waals surface area contributed by atoms with Gasteiger partial charge in [0.1, 0.15) is 0 Å². The third-order valence-corrected chi connectivity index (χ3v) is 3.90. The average Bonchev–Trinajstić information content (AvgIpc) is 2.79. The number of nitrogens with zero attached hydrogens (tertiary/aromatic N) is 3. The Morgan fingerprint density at radius 3 is 3.00 bits per heavy atom. The molecule has 1 aliphatic heterocycles. The van der Waals surface area contributed by atoms with Crippen molar-refractivity contribution in [3.05, 3.63) is 11.7 Å². The Hall–Kier alpha value is -0.940. The minimum atomic E-state index is -0.315. The Morgan fingerprint density at radius 1 is 1.53 bits per heavy atom. The van der Waals surface area contributed by atoms with Crippen molar-refractivity contribution in [1.82, 2.24) is 15.0 Å². The van der Waals surface area contributed by atoms with Crippen molar-refractivity contribution in [3.8, 4) is 0 Å². The zero-order chi connectivity index (χ0) is 13.8. The van der Waals surface area contributed by atoms with Gasteiger partial charge in [-0.3, -0.25) is 4.90 Å². The SMILES string of the molecule is CCCc1nc(CN2CCC(C)CC2C(C)O)no1. The maximum absolute atomic E-state index is 9.93. The summed E-state index contributed by atoms with van der Waals surface area (Å²) in [6.45, 7) is 7.89. The van der Waals surface area contributed by atoms with Gasteiger partial charge >= 0.3 is 0 Å². The van der Waals surface area contributed by atoms with E-state index in [-0.39, 0.29) is 12.1 Å². The molecular weight excluding hydrogens is 242 g/mol. The van der Waals surface area contributed by atoms with Gasteiger partial charge in [0, 0.05) is 12.5 Å². The quantitative estimate of drug-likeness (QED) is 0.884. The lowest BCUT2D eigenvalue weighted by Gasteiger charge is -2.39. The minimum absolute atomic E-state index is 0.205. The van der Waals surface area contributed by atoms with E-state index in [4.69, 9.17) is 4.52 Å². The number of aliphatic hydroxyl groups is 1. The van der Waals surface area contributed by atoms with Crippen molar-refractivity contribution in [2.24, 2.45) is 5.92 Å². The van der Waals surface area contributed by atoms with Crippen molar-refractivity contribution in [1.29, 1.82) is 0 Å². The summed E-state index contributed by atoms with van der Waals surface area (Å²) in [6.07, 6.45) is 3.74. The number of hydrogen-bond donors (Lipinski definition) is 1. The van der Waals surface area contributed by atoms with E-state index in [1.807, 2.05) is 6.92 Å². The molecule has 0 aliphatic carbocycles. The van der Waals surface area contributed by atoms with E-state index < -0.39 is 0 Å². The van der Waals surface area contributed by atoms with Crippen LogP contribution in [0, 0.1) is 5.92 Å². The summed E-state index contributed by atoms with van der Waals surface area (Å²) in [4.78, 5) is 6.69. The highest BCUT2D eigenvalue weighted by atomic mass is 16.5. The van der Waals surface area contributed by atoms with Crippen LogP contribution in [0.1, 0.15) is 51.7 Å². The summed E-state index contributed by atoms with van der Waals surface area (Å²) >= 11 is 0. The fourth-order valence-electron chi connectivity index (χ4n) is 2.78. The first-order valence-electron chi connectivity index (χ1n) is 7.33. The lowest BCUT2D eigenvalue weighted by atomic mass is 9.90. The Bertz CT molecular complexity index is 392. The van der Waals surface area contributed by atoms with Gasteiger partial charge in [0.15, 0.2) is 5.82 Å². The molecule has 0 amide bonds. The lowest BCUT2D eigenvalue weighted by Crippen LogP contribution is -2.47. The molecule has 1 aromatic rings. The number of aromatic nitrogens is 2. The van der Waals surface area contributed by atoms with Crippen LogP contribution in [0.15, 0.2) is 4.52 Å². The zero-order valence-corrected chi connectivity index (χ0v) is 12.2. The van der Waals surface area contributed by atoms with Gasteiger partial charge in [-0.1, -0.05) is 19.0 Å². The van der Waals surface area contributed by atoms with Gasteiger partial charge in [-0.05, 0) is 38.6 Å². The Kier molecular flexibility index (Phi) is 4.93. The molecule has 3 atom stereocenters. The van der Waals surface area contributed by atoms with E-state index >= 15 is 0 Å². The third-order valence-electron chi connectivity index (χ3n) is 3.90. The Labute approximate surface area is 115 Å². The fourth-order valence-corrected chi connectivity index (χ4v) is 2.78. The van der Waals surface area contributed by atoms with Crippen LogP contribution in [-0.2, 0) is 13.0 Å². The molecule has 19 heavy (non-hydrogen) atoms. The molecule has 5 nitrogen and oxygen atoms in total. The monoisotopic (exact) mass is 267 g/mol. The largest absolute Gasteiger partial charge is 0.392 e. The molecule has 3 unspecified atom stereocenters. The lowest BCUT2D eigenvalue weighted by molar-refractivity contribution is 0.0146. The van der Waals surface area contributed by atoms with Crippen LogP contribution in [0.2, 0.25) is 0 Å². The molecule has 1 N–H and O–H groups in total. The van der Waals surface area contributed by atoms with E-state index in [1.54, 1.807) is 0 Å². The molecular formula is C14H25N3O2. The summed E-state index contributed by atoms with van der Waals surface area (Å²) in [5.74, 6) is 2.14. The summed E-state index contributed by atoms with van der Waals surface area (Å²) in [5, 5.41) is 14.0. The Balaban J connectivity index is 1.99. The second-order valence-electron chi connectivity index (χ2n) is 5.76. The summed E-state index contributed by atoms with van der Waals surface area (Å²) in [6, 6.07) is 0.205. The number of likely N-dealkylation sites (tertiary alicyclic amines) is 1. The van der Waals surface area contributed by atoms with Crippen LogP contribution in [0.5, 0.6) is 0 Å². The van der Waals surface area contributed by atoms with Crippen LogP contribution in [0.3, 0.4) is 0 Å². The molecule has 2 rings (SSSR count). The first-order valence-corrected chi connectivity index (χ1v) is 7.33. The molecule has 1 aliphatic rings. The topological polar surface area (TPSA) is 62.4 Å². The smallest absolute Gasteiger partial charge is 0.226 e. The average molecular weight is 267 g/mol. The molecule has 1 saturated heterocycles. The van der Waals surface area contributed by atoms with Crippen LogP contribution in [-0.4, -0.2) is 38.8 Å². The number of rotatable bonds is 5. The number of piperidine rings is 1. The van der Waals surface area contributed by atoms with E-state index in [2.05, 4.69) is 28.9 Å². The van der Waals surface area contributed by atoms with E-state index in [9.17, 15) is 5.11 Å². The van der Waals surface area contributed by atoms with E-state index in [0.717, 1.165) is 37.5 Å². The van der Waals surface area contributed by atoms with E-state index in [0.29, 0.717) is 12.5 Å². The molecule has 1 fully saturated rings. The first kappa shape index (κ1) is 14.5. The van der Waals surface area contributed by atoms with E-state index in [1.165, 1.54) is 6.42 Å². The van der Waals surface area contributed by atoms with Crippen molar-refractivity contribution in [2.45, 2.75) is 65.1 Å². The maximum atomic E-state index is 9.93. The van der Waals surface area contributed by atoms with Gasteiger partial charge < -0.3 is 9.63 Å². The van der Waals surface area contributed by atoms with Crippen molar-refractivity contribution >= 4 is 0 Å². The highest BCUT2D eigenvalue weighted by molar-refractivity contribution is 4.91. The maximum Gasteiger partial charge on any atom is 0.226 e. The second kappa shape index (κ2) is 6.48. The molecule has 0 spiro atoms. The number of aryl methyl sites for hydroxylation is 1. The fraction of sp³-hybridized carbons (Fsp3) is 0.857. The zero-order valence-electron chi connectivity index (χ0n) is 12.2. The second-order valence-corrected chi connectivity index (χ2v) is 5.76. The molecule has 108 valence electrons. The number of hydrogen-bond acceptors (Lipinski definition) is 5. The van der Waals surface area contributed by atoms with Crippen LogP contribution in [0.4, 0.5) is 0 Å². The molecule has 0 aromatic carbocycles. The first-order chi connectivity index (χ1) is 9.10. The normalized spacial score (nSPS) is 26.5. The van der Waals surface area contributed by atoms with Gasteiger partial charge in [-0.25, -0.2) is 0 Å². The Morgan fingerprint density at radius 2 is 2.32 bits per heavy atom. The van der Waals surface area contributed by atoms with Crippen molar-refractivity contribution in [2.75, 3.05) is 6.54 Å². The summed E-state index contributed by atoms with van der Waals surface area (Å²) in [5.41, 5.74) is 0. The molecule has 0 radical (unpaired) electrons. The van der Waals surface area contributed by atoms with Crippen LogP contribution < -0.4 is 0 Å². The van der Waals surface area contributed by atoms with Crippen LogP contribution >= 0.6 is 0 Å². The van der Waals surface area contributed by atoms with Gasteiger partial charge in [0.05, 0.1) is 12.6 Å². The highest BCUT2D eigenvalue weighted by Crippen LogP contribution is 2.25. The molecule has 1 aromatic heterocycles. The summed E-state index contributed by atoms with van der Waals surface area (Å²) in [7, 11) is 0. The molecule has 2 heterocycles. The standard InChI is InChI=1S/C14H25N3O2/c1-4-5-14-15-13(16-19-14)9-17-7-6-10(2)8-12(17)11(3)18/h10-12,18H,4-9H2,1-3H3. The summed E-state index contributed by atoms with van der Waals surface area (Å²) < 4.78 is 5.21.